The molecule has 0 spiro atoms. The van der Waals surface area contributed by atoms with Crippen LogP contribution < -0.4 is 0 Å². The summed E-state index contributed by atoms with van der Waals surface area (Å²) in [6.45, 7) is 2.25. The SMILES string of the molecule is CCCCCCCCCCCCCC(O)Cc1cc(O)cc(O)c1. The molecule has 0 heterocycles. The van der Waals surface area contributed by atoms with Gasteiger partial charge in [0, 0.05) is 6.07 Å². The van der Waals surface area contributed by atoms with E-state index in [0.717, 1.165) is 18.4 Å². The maximum absolute atomic E-state index is 10.1. The van der Waals surface area contributed by atoms with Gasteiger partial charge in [0.1, 0.15) is 11.5 Å². The number of hydrogen-bond donors (Lipinski definition) is 3. The Morgan fingerprint density at radius 2 is 1.17 bits per heavy atom. The minimum Gasteiger partial charge on any atom is -0.508 e. The van der Waals surface area contributed by atoms with E-state index in [-0.39, 0.29) is 11.5 Å². The molecule has 0 radical (unpaired) electrons. The molecule has 24 heavy (non-hydrogen) atoms. The first-order chi connectivity index (χ1) is 11.6. The average Bonchev–Trinajstić information content (AvgIpc) is 2.51. The van der Waals surface area contributed by atoms with Crippen molar-refractivity contribution in [2.75, 3.05) is 0 Å². The predicted octanol–water partition coefficient (Wildman–Crippen LogP) is 5.70. The number of hydrogen-bond acceptors (Lipinski definition) is 3. The molecular weight excluding hydrogens is 300 g/mol. The van der Waals surface area contributed by atoms with Crippen LogP contribution in [-0.2, 0) is 6.42 Å². The van der Waals surface area contributed by atoms with Crippen molar-refractivity contribution in [1.29, 1.82) is 0 Å². The summed E-state index contributed by atoms with van der Waals surface area (Å²) >= 11 is 0. The third-order valence-electron chi connectivity index (χ3n) is 4.57. The summed E-state index contributed by atoms with van der Waals surface area (Å²) in [5.41, 5.74) is 0.781. The van der Waals surface area contributed by atoms with Gasteiger partial charge in [0.05, 0.1) is 6.10 Å². The van der Waals surface area contributed by atoms with E-state index in [1.165, 1.54) is 70.3 Å². The fourth-order valence-corrected chi connectivity index (χ4v) is 3.19. The summed E-state index contributed by atoms with van der Waals surface area (Å²) in [5.74, 6) is 0.0961. The Hall–Kier alpha value is -1.22. The maximum Gasteiger partial charge on any atom is 0.119 e. The molecule has 0 aliphatic rings. The highest BCUT2D eigenvalue weighted by atomic mass is 16.3. The molecule has 0 aliphatic heterocycles. The van der Waals surface area contributed by atoms with E-state index in [0.29, 0.717) is 6.42 Å². The molecule has 3 nitrogen and oxygen atoms in total. The third-order valence-corrected chi connectivity index (χ3v) is 4.57. The van der Waals surface area contributed by atoms with Gasteiger partial charge in [0.15, 0.2) is 0 Å². The second-order valence-corrected chi connectivity index (χ2v) is 7.04. The number of aliphatic hydroxyl groups is 1. The molecule has 0 amide bonds. The van der Waals surface area contributed by atoms with E-state index in [4.69, 9.17) is 0 Å². The van der Waals surface area contributed by atoms with E-state index in [9.17, 15) is 15.3 Å². The molecule has 3 heteroatoms. The van der Waals surface area contributed by atoms with Gasteiger partial charge in [-0.25, -0.2) is 0 Å². The Bertz CT molecular complexity index is 411. The molecule has 0 fully saturated rings. The zero-order chi connectivity index (χ0) is 17.6. The van der Waals surface area contributed by atoms with Crippen molar-refractivity contribution in [3.05, 3.63) is 23.8 Å². The van der Waals surface area contributed by atoms with E-state index in [1.807, 2.05) is 0 Å². The molecule has 138 valence electrons. The Balaban J connectivity index is 1.97. The molecule has 0 bridgehead atoms. The van der Waals surface area contributed by atoms with Crippen LogP contribution in [0.3, 0.4) is 0 Å². The van der Waals surface area contributed by atoms with E-state index in [1.54, 1.807) is 12.1 Å². The maximum atomic E-state index is 10.1. The number of aromatic hydroxyl groups is 2. The lowest BCUT2D eigenvalue weighted by Crippen LogP contribution is -2.10. The molecule has 1 atom stereocenters. The number of phenolic OH excluding ortho intramolecular Hbond substituents is 2. The van der Waals surface area contributed by atoms with E-state index in [2.05, 4.69) is 6.92 Å². The quantitative estimate of drug-likeness (QED) is 0.382. The fraction of sp³-hybridized carbons (Fsp3) is 0.714. The van der Waals surface area contributed by atoms with Gasteiger partial charge < -0.3 is 15.3 Å². The van der Waals surface area contributed by atoms with Gasteiger partial charge in [-0.2, -0.15) is 0 Å². The second-order valence-electron chi connectivity index (χ2n) is 7.04. The van der Waals surface area contributed by atoms with Gasteiger partial charge in [-0.15, -0.1) is 0 Å². The molecule has 1 unspecified atom stereocenters. The summed E-state index contributed by atoms with van der Waals surface area (Å²) < 4.78 is 0. The van der Waals surface area contributed by atoms with Crippen LogP contribution in [0, 0.1) is 0 Å². The van der Waals surface area contributed by atoms with Gasteiger partial charge in [0.2, 0.25) is 0 Å². The van der Waals surface area contributed by atoms with Crippen molar-refractivity contribution in [3.63, 3.8) is 0 Å². The van der Waals surface area contributed by atoms with Crippen molar-refractivity contribution in [2.45, 2.75) is 96.5 Å². The number of unbranched alkanes of at least 4 members (excludes halogenated alkanes) is 10. The molecule has 0 saturated heterocycles. The highest BCUT2D eigenvalue weighted by molar-refractivity contribution is 5.36. The van der Waals surface area contributed by atoms with Gasteiger partial charge in [-0.1, -0.05) is 77.6 Å². The van der Waals surface area contributed by atoms with Crippen molar-refractivity contribution in [2.24, 2.45) is 0 Å². The third kappa shape index (κ3) is 10.5. The minimum atomic E-state index is -0.398. The Kier molecular flexibility index (Phi) is 11.4. The molecular formula is C21H36O3. The summed E-state index contributed by atoms with van der Waals surface area (Å²) in [7, 11) is 0. The summed E-state index contributed by atoms with van der Waals surface area (Å²) in [6.07, 6.45) is 15.2. The standard InChI is InChI=1S/C21H36O3/c1-2-3-4-5-6-7-8-9-10-11-12-13-19(22)14-18-15-20(23)17-21(24)16-18/h15-17,19,22-24H,2-14H2,1H3. The highest BCUT2D eigenvalue weighted by Gasteiger charge is 2.07. The molecule has 0 aliphatic carbocycles. The van der Waals surface area contributed by atoms with Crippen molar-refractivity contribution in [3.8, 4) is 11.5 Å². The molecule has 0 saturated carbocycles. The van der Waals surface area contributed by atoms with E-state index < -0.39 is 6.10 Å². The summed E-state index contributed by atoms with van der Waals surface area (Å²) in [4.78, 5) is 0. The van der Waals surface area contributed by atoms with Crippen molar-refractivity contribution in [1.82, 2.24) is 0 Å². The van der Waals surface area contributed by atoms with E-state index >= 15 is 0 Å². The lowest BCUT2D eigenvalue weighted by atomic mass is 10.0. The van der Waals surface area contributed by atoms with Crippen LogP contribution in [0.2, 0.25) is 0 Å². The monoisotopic (exact) mass is 336 g/mol. The number of rotatable bonds is 14. The zero-order valence-electron chi connectivity index (χ0n) is 15.3. The van der Waals surface area contributed by atoms with Gasteiger partial charge in [0.25, 0.3) is 0 Å². The van der Waals surface area contributed by atoms with Gasteiger partial charge >= 0.3 is 0 Å². The molecule has 3 N–H and O–H groups in total. The van der Waals surface area contributed by atoms with Gasteiger partial charge in [-0.3, -0.25) is 0 Å². The van der Waals surface area contributed by atoms with Crippen molar-refractivity contribution >= 4 is 0 Å². The number of aliphatic hydroxyl groups excluding tert-OH is 1. The normalized spacial score (nSPS) is 12.4. The smallest absolute Gasteiger partial charge is 0.119 e. The Morgan fingerprint density at radius 3 is 1.67 bits per heavy atom. The first-order valence-electron chi connectivity index (χ1n) is 9.81. The number of benzene rings is 1. The van der Waals surface area contributed by atoms with Crippen LogP contribution >= 0.6 is 0 Å². The first-order valence-corrected chi connectivity index (χ1v) is 9.81. The lowest BCUT2D eigenvalue weighted by Gasteiger charge is -2.11. The number of phenols is 2. The van der Waals surface area contributed by atoms with Crippen LogP contribution in [-0.4, -0.2) is 21.4 Å². The van der Waals surface area contributed by atoms with Gasteiger partial charge in [-0.05, 0) is 30.5 Å². The average molecular weight is 337 g/mol. The topological polar surface area (TPSA) is 60.7 Å². The Morgan fingerprint density at radius 1 is 0.708 bits per heavy atom. The van der Waals surface area contributed by atoms with Crippen LogP contribution in [0.4, 0.5) is 0 Å². The van der Waals surface area contributed by atoms with Crippen molar-refractivity contribution < 1.29 is 15.3 Å². The zero-order valence-corrected chi connectivity index (χ0v) is 15.3. The largest absolute Gasteiger partial charge is 0.508 e. The van der Waals surface area contributed by atoms with Crippen LogP contribution in [0.15, 0.2) is 18.2 Å². The summed E-state index contributed by atoms with van der Waals surface area (Å²) in [6, 6.07) is 4.51. The minimum absolute atomic E-state index is 0.0481. The Labute approximate surface area is 147 Å². The molecule has 1 aromatic rings. The summed E-state index contributed by atoms with van der Waals surface area (Å²) in [5, 5.41) is 28.9. The van der Waals surface area contributed by atoms with Crippen LogP contribution in [0.25, 0.3) is 0 Å². The second kappa shape index (κ2) is 13.1. The van der Waals surface area contributed by atoms with Crippen LogP contribution in [0.5, 0.6) is 11.5 Å². The molecule has 1 rings (SSSR count). The lowest BCUT2D eigenvalue weighted by molar-refractivity contribution is 0.160. The fourth-order valence-electron chi connectivity index (χ4n) is 3.19. The first kappa shape index (κ1) is 20.8. The molecule has 0 aromatic heterocycles. The predicted molar refractivity (Wildman–Crippen MR) is 101 cm³/mol. The molecule has 1 aromatic carbocycles. The highest BCUT2D eigenvalue weighted by Crippen LogP contribution is 2.22. The van der Waals surface area contributed by atoms with Crippen LogP contribution in [0.1, 0.15) is 89.5 Å².